The van der Waals surface area contributed by atoms with E-state index in [9.17, 15) is 8.42 Å². The Morgan fingerprint density at radius 1 is 1.64 bits per heavy atom. The molecule has 1 saturated heterocycles. The minimum atomic E-state index is -2.98. The maximum absolute atomic E-state index is 11.2. The molecule has 1 aliphatic rings. The zero-order chi connectivity index (χ0) is 8.48. The van der Waals surface area contributed by atoms with Gasteiger partial charge in [0.25, 0.3) is 0 Å². The molecule has 3 nitrogen and oxygen atoms in total. The Kier molecular flexibility index (Phi) is 2.94. The van der Waals surface area contributed by atoms with Crippen LogP contribution >= 0.6 is 15.9 Å². The smallest absolute Gasteiger partial charge is 0.211 e. The van der Waals surface area contributed by atoms with Crippen molar-refractivity contribution in [2.45, 2.75) is 13.3 Å². The van der Waals surface area contributed by atoms with Crippen molar-refractivity contribution in [2.24, 2.45) is 5.92 Å². The molecule has 1 unspecified atom stereocenters. The summed E-state index contributed by atoms with van der Waals surface area (Å²) in [6.07, 6.45) is 0.992. The highest BCUT2D eigenvalue weighted by Gasteiger charge is 2.27. The van der Waals surface area contributed by atoms with Crippen LogP contribution < -0.4 is 0 Å². The highest BCUT2D eigenvalue weighted by molar-refractivity contribution is 9.10. The van der Waals surface area contributed by atoms with Crippen LogP contribution in [0, 0.1) is 5.92 Å². The Bertz CT molecular complexity index is 227. The number of hydrogen-bond donors (Lipinski definition) is 0. The molecule has 11 heavy (non-hydrogen) atoms. The van der Waals surface area contributed by atoms with E-state index < -0.39 is 10.0 Å². The molecule has 0 aliphatic carbocycles. The van der Waals surface area contributed by atoms with Gasteiger partial charge in [0.1, 0.15) is 4.66 Å². The fraction of sp³-hybridized carbons (Fsp3) is 1.00. The summed E-state index contributed by atoms with van der Waals surface area (Å²) in [7, 11) is -2.98. The first-order valence-electron chi connectivity index (χ1n) is 3.60. The molecule has 1 aliphatic heterocycles. The lowest BCUT2D eigenvalue weighted by Gasteiger charge is -2.12. The molecule has 0 N–H and O–H groups in total. The fourth-order valence-electron chi connectivity index (χ4n) is 1.22. The number of halogens is 1. The summed E-state index contributed by atoms with van der Waals surface area (Å²) in [6, 6.07) is 0. The minimum absolute atomic E-state index is 0.0483. The molecule has 66 valence electrons. The van der Waals surface area contributed by atoms with Crippen LogP contribution in [0.5, 0.6) is 0 Å². The molecule has 0 saturated carbocycles. The van der Waals surface area contributed by atoms with Crippen molar-refractivity contribution in [3.63, 3.8) is 0 Å². The van der Waals surface area contributed by atoms with Crippen LogP contribution in [0.25, 0.3) is 0 Å². The Morgan fingerprint density at radius 2 is 2.27 bits per heavy atom. The number of nitrogens with zero attached hydrogens (tertiary/aromatic N) is 1. The van der Waals surface area contributed by atoms with Crippen molar-refractivity contribution in [1.82, 2.24) is 4.31 Å². The summed E-state index contributed by atoms with van der Waals surface area (Å²) >= 11 is 2.97. The third-order valence-electron chi connectivity index (χ3n) is 1.92. The maximum atomic E-state index is 11.2. The first kappa shape index (κ1) is 9.48. The summed E-state index contributed by atoms with van der Waals surface area (Å²) in [5, 5.41) is 0. The van der Waals surface area contributed by atoms with Gasteiger partial charge in [-0.1, -0.05) is 22.9 Å². The van der Waals surface area contributed by atoms with Gasteiger partial charge >= 0.3 is 0 Å². The average molecular weight is 242 g/mol. The summed E-state index contributed by atoms with van der Waals surface area (Å²) < 4.78 is 24.0. The molecule has 1 heterocycles. The molecule has 5 heteroatoms. The van der Waals surface area contributed by atoms with E-state index in [1.807, 2.05) is 0 Å². The fourth-order valence-corrected chi connectivity index (χ4v) is 3.09. The van der Waals surface area contributed by atoms with Crippen LogP contribution in [-0.2, 0) is 10.0 Å². The van der Waals surface area contributed by atoms with Gasteiger partial charge in [-0.15, -0.1) is 0 Å². The van der Waals surface area contributed by atoms with E-state index in [-0.39, 0.29) is 4.66 Å². The molecule has 0 aromatic rings. The molecule has 1 atom stereocenters. The third-order valence-corrected chi connectivity index (χ3v) is 5.05. The quantitative estimate of drug-likeness (QED) is 0.678. The molecule has 1 fully saturated rings. The van der Waals surface area contributed by atoms with Crippen molar-refractivity contribution < 1.29 is 8.42 Å². The second kappa shape index (κ2) is 3.41. The number of rotatable bonds is 2. The molecule has 1 rings (SSSR count). The molecule has 0 spiro atoms. The van der Waals surface area contributed by atoms with Gasteiger partial charge in [-0.3, -0.25) is 0 Å². The summed E-state index contributed by atoms with van der Waals surface area (Å²) in [5.74, 6) is 0.517. The SMILES string of the molecule is CC1CCN(S(=O)(=O)CBr)C1. The summed E-state index contributed by atoms with van der Waals surface area (Å²) in [5.41, 5.74) is 0. The Balaban J connectivity index is 2.64. The zero-order valence-corrected chi connectivity index (χ0v) is 8.86. The number of alkyl halides is 1. The van der Waals surface area contributed by atoms with Crippen LogP contribution in [0.4, 0.5) is 0 Å². The van der Waals surface area contributed by atoms with Crippen LogP contribution in [0.1, 0.15) is 13.3 Å². The van der Waals surface area contributed by atoms with E-state index in [0.717, 1.165) is 6.42 Å². The molecule has 0 aromatic heterocycles. The van der Waals surface area contributed by atoms with Crippen LogP contribution in [-0.4, -0.2) is 30.5 Å². The van der Waals surface area contributed by atoms with Crippen molar-refractivity contribution >= 4 is 26.0 Å². The predicted molar refractivity (Wildman–Crippen MR) is 48.1 cm³/mol. The number of hydrogen-bond acceptors (Lipinski definition) is 2. The van der Waals surface area contributed by atoms with Crippen LogP contribution in [0.2, 0.25) is 0 Å². The molecule has 0 aromatic carbocycles. The van der Waals surface area contributed by atoms with E-state index in [2.05, 4.69) is 22.9 Å². The van der Waals surface area contributed by atoms with Gasteiger partial charge in [-0.2, -0.15) is 0 Å². The second-order valence-corrected chi connectivity index (χ2v) is 6.24. The van der Waals surface area contributed by atoms with Crippen LogP contribution in [0.15, 0.2) is 0 Å². The van der Waals surface area contributed by atoms with Crippen molar-refractivity contribution in [3.05, 3.63) is 0 Å². The van der Waals surface area contributed by atoms with E-state index in [0.29, 0.717) is 19.0 Å². The lowest BCUT2D eigenvalue weighted by molar-refractivity contribution is 0.469. The summed E-state index contributed by atoms with van der Waals surface area (Å²) in [6.45, 7) is 3.45. The molecule has 0 bridgehead atoms. The zero-order valence-electron chi connectivity index (χ0n) is 6.46. The van der Waals surface area contributed by atoms with E-state index in [4.69, 9.17) is 0 Å². The van der Waals surface area contributed by atoms with Gasteiger partial charge in [0, 0.05) is 13.1 Å². The molecular formula is C6H12BrNO2S. The van der Waals surface area contributed by atoms with Gasteiger partial charge in [0.2, 0.25) is 10.0 Å². The predicted octanol–water partition coefficient (Wildman–Crippen LogP) is 1.01. The van der Waals surface area contributed by atoms with Gasteiger partial charge in [0.15, 0.2) is 0 Å². The molecule has 0 amide bonds. The monoisotopic (exact) mass is 241 g/mol. The normalized spacial score (nSPS) is 27.6. The maximum Gasteiger partial charge on any atom is 0.224 e. The van der Waals surface area contributed by atoms with Crippen LogP contribution in [0.3, 0.4) is 0 Å². The highest BCUT2D eigenvalue weighted by Crippen LogP contribution is 2.19. The lowest BCUT2D eigenvalue weighted by atomic mass is 10.2. The summed E-state index contributed by atoms with van der Waals surface area (Å²) in [4.78, 5) is 0. The Morgan fingerprint density at radius 3 is 2.64 bits per heavy atom. The Labute approximate surface area is 75.9 Å². The van der Waals surface area contributed by atoms with Gasteiger partial charge in [0.05, 0.1) is 0 Å². The van der Waals surface area contributed by atoms with E-state index >= 15 is 0 Å². The van der Waals surface area contributed by atoms with E-state index in [1.54, 1.807) is 4.31 Å². The Hall–Kier alpha value is 0.390. The lowest BCUT2D eigenvalue weighted by Crippen LogP contribution is -2.29. The topological polar surface area (TPSA) is 37.4 Å². The van der Waals surface area contributed by atoms with Crippen molar-refractivity contribution in [3.8, 4) is 0 Å². The molecular weight excluding hydrogens is 230 g/mol. The minimum Gasteiger partial charge on any atom is -0.211 e. The van der Waals surface area contributed by atoms with Gasteiger partial charge in [-0.05, 0) is 12.3 Å². The van der Waals surface area contributed by atoms with E-state index in [1.165, 1.54) is 0 Å². The largest absolute Gasteiger partial charge is 0.224 e. The number of sulfonamides is 1. The third kappa shape index (κ3) is 2.16. The van der Waals surface area contributed by atoms with Gasteiger partial charge in [-0.25, -0.2) is 12.7 Å². The second-order valence-electron chi connectivity index (χ2n) is 2.97. The van der Waals surface area contributed by atoms with Crippen molar-refractivity contribution in [2.75, 3.05) is 17.8 Å². The molecule has 0 radical (unpaired) electrons. The van der Waals surface area contributed by atoms with Gasteiger partial charge < -0.3 is 0 Å². The highest BCUT2D eigenvalue weighted by atomic mass is 79.9. The van der Waals surface area contributed by atoms with Crippen molar-refractivity contribution in [1.29, 1.82) is 0 Å². The standard InChI is InChI=1S/C6H12BrNO2S/c1-6-2-3-8(4-6)11(9,10)5-7/h6H,2-5H2,1H3. The first-order valence-corrected chi connectivity index (χ1v) is 6.33. The first-order chi connectivity index (χ1) is 5.06. The average Bonchev–Trinajstić information content (AvgIpc) is 2.36.